The van der Waals surface area contributed by atoms with E-state index in [1.165, 1.54) is 11.3 Å². The molecular weight excluding hydrogens is 436 g/mol. The van der Waals surface area contributed by atoms with Gasteiger partial charge in [0.25, 0.3) is 0 Å². The molecule has 1 aliphatic heterocycles. The maximum Gasteiger partial charge on any atom is 0.226 e. The predicted molar refractivity (Wildman–Crippen MR) is 114 cm³/mol. The molecule has 0 bridgehead atoms. The highest BCUT2D eigenvalue weighted by molar-refractivity contribution is 7.13. The summed E-state index contributed by atoms with van der Waals surface area (Å²) < 4.78 is 0. The molecule has 9 heteroatoms. The van der Waals surface area contributed by atoms with E-state index < -0.39 is 0 Å². The van der Waals surface area contributed by atoms with Gasteiger partial charge in [-0.3, -0.25) is 4.79 Å². The molecule has 0 aliphatic carbocycles. The van der Waals surface area contributed by atoms with Gasteiger partial charge in [-0.25, -0.2) is 4.98 Å². The van der Waals surface area contributed by atoms with Gasteiger partial charge < -0.3 is 10.6 Å². The second-order valence-electron chi connectivity index (χ2n) is 6.09. The largest absolute Gasteiger partial charge is 0.353 e. The molecule has 1 aromatic heterocycles. The standard InChI is InChI=1S/C17H19Cl2N3OS.2ClH/c1-10-6-12(4-5-20-10)21-16(23)8-13-9-24-17(22-13)14-3-2-11(18)7-15(14)19;;/h2-3,7,9-10,12,20H,4-6,8H2,1H3,(H,21,23);2*1H. The average Bonchev–Trinajstić information content (AvgIpc) is 2.95. The van der Waals surface area contributed by atoms with Gasteiger partial charge in [0.1, 0.15) is 5.01 Å². The van der Waals surface area contributed by atoms with E-state index in [1.54, 1.807) is 12.1 Å². The summed E-state index contributed by atoms with van der Waals surface area (Å²) in [6.07, 6.45) is 2.23. The summed E-state index contributed by atoms with van der Waals surface area (Å²) >= 11 is 13.6. The Balaban J connectivity index is 0.00000169. The molecule has 1 aromatic carbocycles. The number of hydrogen-bond donors (Lipinski definition) is 2. The Hall–Kier alpha value is -0.560. The maximum absolute atomic E-state index is 12.2. The monoisotopic (exact) mass is 455 g/mol. The number of carbonyl (C=O) groups excluding carboxylic acids is 1. The van der Waals surface area contributed by atoms with Gasteiger partial charge in [-0.2, -0.15) is 0 Å². The van der Waals surface area contributed by atoms with Crippen molar-refractivity contribution >= 4 is 65.3 Å². The van der Waals surface area contributed by atoms with Gasteiger partial charge in [0.15, 0.2) is 0 Å². The smallest absolute Gasteiger partial charge is 0.226 e. The van der Waals surface area contributed by atoms with E-state index in [-0.39, 0.29) is 36.8 Å². The number of aromatic nitrogens is 1. The van der Waals surface area contributed by atoms with Crippen LogP contribution < -0.4 is 10.6 Å². The molecule has 1 fully saturated rings. The van der Waals surface area contributed by atoms with Crippen molar-refractivity contribution in [3.8, 4) is 10.6 Å². The van der Waals surface area contributed by atoms with Crippen LogP contribution in [0.1, 0.15) is 25.5 Å². The lowest BCUT2D eigenvalue weighted by Crippen LogP contribution is -2.46. The average molecular weight is 457 g/mol. The van der Waals surface area contributed by atoms with Gasteiger partial charge in [-0.15, -0.1) is 36.2 Å². The first-order chi connectivity index (χ1) is 11.5. The molecule has 2 aromatic rings. The van der Waals surface area contributed by atoms with Crippen LogP contribution >= 0.6 is 59.4 Å². The zero-order valence-corrected chi connectivity index (χ0v) is 18.1. The zero-order valence-electron chi connectivity index (χ0n) is 14.1. The van der Waals surface area contributed by atoms with Crippen LogP contribution in [0.5, 0.6) is 0 Å². The molecule has 0 saturated carbocycles. The second-order valence-corrected chi connectivity index (χ2v) is 7.79. The van der Waals surface area contributed by atoms with Crippen LogP contribution in [0.2, 0.25) is 10.0 Å². The number of benzene rings is 1. The van der Waals surface area contributed by atoms with Gasteiger partial charge in [-0.1, -0.05) is 23.2 Å². The number of thiazole rings is 1. The Morgan fingerprint density at radius 1 is 1.38 bits per heavy atom. The highest BCUT2D eigenvalue weighted by Gasteiger charge is 2.20. The van der Waals surface area contributed by atoms with Gasteiger partial charge in [0.05, 0.1) is 17.1 Å². The Morgan fingerprint density at radius 3 is 2.85 bits per heavy atom. The van der Waals surface area contributed by atoms with Gasteiger partial charge in [0, 0.05) is 28.0 Å². The third kappa shape index (κ3) is 6.25. The van der Waals surface area contributed by atoms with Crippen molar-refractivity contribution in [1.29, 1.82) is 0 Å². The number of piperidine rings is 1. The minimum atomic E-state index is 0. The highest BCUT2D eigenvalue weighted by atomic mass is 35.5. The molecular formula is C17H21Cl4N3OS. The fourth-order valence-electron chi connectivity index (χ4n) is 2.88. The van der Waals surface area contributed by atoms with Gasteiger partial charge in [0.2, 0.25) is 5.91 Å². The first-order valence-electron chi connectivity index (χ1n) is 7.94. The van der Waals surface area contributed by atoms with E-state index in [0.29, 0.717) is 22.5 Å². The van der Waals surface area contributed by atoms with Crippen molar-refractivity contribution in [3.05, 3.63) is 39.3 Å². The molecule has 1 aliphatic rings. The summed E-state index contributed by atoms with van der Waals surface area (Å²) in [5.41, 5.74) is 1.60. The fraction of sp³-hybridized carbons (Fsp3) is 0.412. The first-order valence-corrected chi connectivity index (χ1v) is 9.57. The Morgan fingerprint density at radius 2 is 2.15 bits per heavy atom. The van der Waals surface area contributed by atoms with Crippen molar-refractivity contribution in [3.63, 3.8) is 0 Å². The van der Waals surface area contributed by atoms with E-state index in [4.69, 9.17) is 23.2 Å². The summed E-state index contributed by atoms with van der Waals surface area (Å²) in [5.74, 6) is 0.0214. The van der Waals surface area contributed by atoms with Crippen LogP contribution in [0.25, 0.3) is 10.6 Å². The molecule has 2 N–H and O–H groups in total. The molecule has 2 heterocycles. The van der Waals surface area contributed by atoms with Crippen LogP contribution in [-0.2, 0) is 11.2 Å². The van der Waals surface area contributed by atoms with E-state index in [1.807, 2.05) is 11.4 Å². The van der Waals surface area contributed by atoms with Crippen molar-refractivity contribution < 1.29 is 4.79 Å². The third-order valence-electron chi connectivity index (χ3n) is 4.04. The number of rotatable bonds is 4. The SMILES string of the molecule is CC1CC(NC(=O)Cc2csc(-c3ccc(Cl)cc3Cl)n2)CCN1.Cl.Cl. The van der Waals surface area contributed by atoms with Crippen LogP contribution in [0.4, 0.5) is 0 Å². The molecule has 0 radical (unpaired) electrons. The van der Waals surface area contributed by atoms with Crippen LogP contribution in [0.3, 0.4) is 0 Å². The first kappa shape index (κ1) is 23.5. The second kappa shape index (κ2) is 10.7. The minimum Gasteiger partial charge on any atom is -0.353 e. The highest BCUT2D eigenvalue weighted by Crippen LogP contribution is 2.32. The fourth-order valence-corrected chi connectivity index (χ4v) is 4.29. The normalized spacial score (nSPS) is 19.2. The third-order valence-corrected chi connectivity index (χ3v) is 5.52. The number of nitrogens with one attached hydrogen (secondary N) is 2. The van der Waals surface area contributed by atoms with Crippen molar-refractivity contribution in [2.45, 2.75) is 38.3 Å². The van der Waals surface area contributed by atoms with Gasteiger partial charge in [-0.05, 0) is 44.5 Å². The zero-order chi connectivity index (χ0) is 17.1. The lowest BCUT2D eigenvalue weighted by atomic mass is 10.0. The summed E-state index contributed by atoms with van der Waals surface area (Å²) in [5, 5.41) is 10.4. The summed E-state index contributed by atoms with van der Waals surface area (Å²) in [7, 11) is 0. The lowest BCUT2D eigenvalue weighted by molar-refractivity contribution is -0.121. The summed E-state index contributed by atoms with van der Waals surface area (Å²) in [6, 6.07) is 6.03. The Bertz CT molecular complexity index is 741. The minimum absolute atomic E-state index is 0. The van der Waals surface area contributed by atoms with Crippen LogP contribution in [0, 0.1) is 0 Å². The van der Waals surface area contributed by atoms with E-state index in [0.717, 1.165) is 35.7 Å². The van der Waals surface area contributed by atoms with E-state index in [9.17, 15) is 4.79 Å². The Labute approximate surface area is 179 Å². The molecule has 4 nitrogen and oxygen atoms in total. The predicted octanol–water partition coefficient (Wildman–Crippen LogP) is 4.76. The van der Waals surface area contributed by atoms with E-state index >= 15 is 0 Å². The number of hydrogen-bond acceptors (Lipinski definition) is 4. The topological polar surface area (TPSA) is 54.0 Å². The lowest BCUT2D eigenvalue weighted by Gasteiger charge is -2.28. The molecule has 3 rings (SSSR count). The van der Waals surface area contributed by atoms with Crippen molar-refractivity contribution in [1.82, 2.24) is 15.6 Å². The molecule has 2 unspecified atom stereocenters. The number of nitrogens with zero attached hydrogens (tertiary/aromatic N) is 1. The van der Waals surface area contributed by atoms with Crippen LogP contribution in [0.15, 0.2) is 23.6 Å². The number of halogens is 4. The Kier molecular flexibility index (Phi) is 9.65. The molecule has 1 saturated heterocycles. The summed E-state index contributed by atoms with van der Waals surface area (Å²) in [6.45, 7) is 3.09. The quantitative estimate of drug-likeness (QED) is 0.697. The summed E-state index contributed by atoms with van der Waals surface area (Å²) in [4.78, 5) is 16.8. The number of amides is 1. The molecule has 0 spiro atoms. The molecule has 26 heavy (non-hydrogen) atoms. The number of carbonyl (C=O) groups is 1. The van der Waals surface area contributed by atoms with E-state index in [2.05, 4.69) is 22.5 Å². The molecule has 144 valence electrons. The van der Waals surface area contributed by atoms with Crippen LogP contribution in [-0.4, -0.2) is 29.5 Å². The maximum atomic E-state index is 12.2. The van der Waals surface area contributed by atoms with Crippen molar-refractivity contribution in [2.24, 2.45) is 0 Å². The van der Waals surface area contributed by atoms with Crippen molar-refractivity contribution in [2.75, 3.05) is 6.54 Å². The molecule has 1 amide bonds. The molecule has 2 atom stereocenters. The van der Waals surface area contributed by atoms with Gasteiger partial charge >= 0.3 is 0 Å².